The van der Waals surface area contributed by atoms with Crippen LogP contribution in [0.4, 0.5) is 0 Å². The minimum atomic E-state index is -3.08. The van der Waals surface area contributed by atoms with Gasteiger partial charge in [-0.25, -0.2) is 13.1 Å². The summed E-state index contributed by atoms with van der Waals surface area (Å²) in [5.41, 5.74) is 2.78. The van der Waals surface area contributed by atoms with Gasteiger partial charge in [-0.05, 0) is 37.3 Å². The zero-order chi connectivity index (χ0) is 14.8. The Morgan fingerprint density at radius 2 is 2.05 bits per heavy atom. The normalized spacial score (nSPS) is 24.1. The molecule has 0 saturated carbocycles. The fraction of sp³-hybridized carbons (Fsp3) is 0.600. The van der Waals surface area contributed by atoms with Crippen LogP contribution in [0.2, 0.25) is 0 Å². The summed E-state index contributed by atoms with van der Waals surface area (Å²) >= 11 is 0. The maximum Gasteiger partial charge on any atom is 0.208 e. The van der Waals surface area contributed by atoms with E-state index in [1.807, 2.05) is 0 Å². The van der Waals surface area contributed by atoms with Gasteiger partial charge in [-0.3, -0.25) is 4.90 Å². The molecule has 0 amide bonds. The monoisotopic (exact) mass is 296 g/mol. The van der Waals surface area contributed by atoms with Crippen molar-refractivity contribution in [3.8, 4) is 0 Å². The number of sulfonamides is 1. The first-order valence-electron chi connectivity index (χ1n) is 7.11. The van der Waals surface area contributed by atoms with Gasteiger partial charge in [-0.2, -0.15) is 0 Å². The van der Waals surface area contributed by atoms with Gasteiger partial charge >= 0.3 is 0 Å². The number of hydrogen-bond donors (Lipinski definition) is 1. The van der Waals surface area contributed by atoms with Crippen molar-refractivity contribution < 1.29 is 8.42 Å². The largest absolute Gasteiger partial charge is 0.299 e. The molecule has 2 rings (SSSR count). The number of aryl methyl sites for hydroxylation is 1. The van der Waals surface area contributed by atoms with Gasteiger partial charge in [-0.1, -0.05) is 24.3 Å². The lowest BCUT2D eigenvalue weighted by atomic mass is 9.93. The predicted octanol–water partition coefficient (Wildman–Crippen LogP) is 1.72. The summed E-state index contributed by atoms with van der Waals surface area (Å²) in [7, 11) is -3.08. The predicted molar refractivity (Wildman–Crippen MR) is 82.4 cm³/mol. The number of likely N-dealkylation sites (tertiary alicyclic amines) is 1. The molecule has 5 heteroatoms. The molecule has 1 aromatic carbocycles. The van der Waals surface area contributed by atoms with Crippen molar-refractivity contribution in [2.24, 2.45) is 0 Å². The van der Waals surface area contributed by atoms with E-state index in [1.165, 1.54) is 17.4 Å². The number of hydrogen-bond acceptors (Lipinski definition) is 3. The maximum absolute atomic E-state index is 11.1. The molecule has 0 aromatic heterocycles. The summed E-state index contributed by atoms with van der Waals surface area (Å²) in [5, 5.41) is 0. The Labute approximate surface area is 122 Å². The third kappa shape index (κ3) is 4.04. The summed E-state index contributed by atoms with van der Waals surface area (Å²) in [4.78, 5) is 2.37. The highest BCUT2D eigenvalue weighted by atomic mass is 32.2. The molecule has 0 radical (unpaired) electrons. The summed E-state index contributed by atoms with van der Waals surface area (Å²) in [6.07, 6.45) is 2.35. The van der Waals surface area contributed by atoms with Gasteiger partial charge in [-0.15, -0.1) is 0 Å². The van der Waals surface area contributed by atoms with Crippen molar-refractivity contribution in [1.82, 2.24) is 9.62 Å². The smallest absolute Gasteiger partial charge is 0.208 e. The average molecular weight is 296 g/mol. The van der Waals surface area contributed by atoms with Gasteiger partial charge in [0, 0.05) is 25.7 Å². The van der Waals surface area contributed by atoms with Crippen LogP contribution < -0.4 is 4.72 Å². The lowest BCUT2D eigenvalue weighted by molar-refractivity contribution is 0.272. The average Bonchev–Trinajstić information content (AvgIpc) is 2.70. The van der Waals surface area contributed by atoms with Crippen molar-refractivity contribution >= 4 is 10.0 Å². The Hall–Kier alpha value is -0.910. The molecule has 1 N–H and O–H groups in total. The quantitative estimate of drug-likeness (QED) is 0.900. The number of benzene rings is 1. The van der Waals surface area contributed by atoms with Crippen molar-refractivity contribution in [3.63, 3.8) is 0 Å². The SMILES string of the molecule is Cc1ccccc1[C@H]1C[C@@H](C)N(CCNS(C)(=O)=O)C1. The summed E-state index contributed by atoms with van der Waals surface area (Å²) in [5.74, 6) is 0.560. The molecular weight excluding hydrogens is 272 g/mol. The van der Waals surface area contributed by atoms with Gasteiger partial charge in [0.2, 0.25) is 10.0 Å². The Bertz CT molecular complexity index is 557. The van der Waals surface area contributed by atoms with Gasteiger partial charge in [0.1, 0.15) is 0 Å². The van der Waals surface area contributed by atoms with Gasteiger partial charge in [0.15, 0.2) is 0 Å². The lowest BCUT2D eigenvalue weighted by Crippen LogP contribution is -2.36. The summed E-state index contributed by atoms with van der Waals surface area (Å²) in [6, 6.07) is 9.05. The fourth-order valence-corrected chi connectivity index (χ4v) is 3.52. The van der Waals surface area contributed by atoms with E-state index in [2.05, 4.69) is 47.7 Å². The van der Waals surface area contributed by atoms with Crippen LogP contribution in [-0.2, 0) is 10.0 Å². The Morgan fingerprint density at radius 1 is 1.35 bits per heavy atom. The van der Waals surface area contributed by atoms with E-state index in [1.54, 1.807) is 0 Å². The second-order valence-electron chi connectivity index (χ2n) is 5.80. The zero-order valence-electron chi connectivity index (χ0n) is 12.5. The number of nitrogens with one attached hydrogen (secondary N) is 1. The minimum absolute atomic E-state index is 0.490. The van der Waals surface area contributed by atoms with Gasteiger partial charge in [0.05, 0.1) is 6.26 Å². The van der Waals surface area contributed by atoms with Crippen molar-refractivity contribution in [1.29, 1.82) is 0 Å². The van der Waals surface area contributed by atoms with Crippen LogP contribution in [0.1, 0.15) is 30.4 Å². The number of nitrogens with zero attached hydrogens (tertiary/aromatic N) is 1. The van der Waals surface area contributed by atoms with Crippen LogP contribution in [0.15, 0.2) is 24.3 Å². The first kappa shape index (κ1) is 15.5. The molecule has 20 heavy (non-hydrogen) atoms. The minimum Gasteiger partial charge on any atom is -0.299 e. The summed E-state index contributed by atoms with van der Waals surface area (Å²) < 4.78 is 24.7. The fourth-order valence-electron chi connectivity index (χ4n) is 3.05. The highest BCUT2D eigenvalue weighted by molar-refractivity contribution is 7.88. The molecular formula is C15H24N2O2S. The molecule has 1 aromatic rings. The molecule has 0 aliphatic carbocycles. The molecule has 0 unspecified atom stereocenters. The highest BCUT2D eigenvalue weighted by Crippen LogP contribution is 2.32. The van der Waals surface area contributed by atoms with Gasteiger partial charge in [0.25, 0.3) is 0 Å². The van der Waals surface area contributed by atoms with Crippen LogP contribution >= 0.6 is 0 Å². The van der Waals surface area contributed by atoms with Crippen molar-refractivity contribution in [3.05, 3.63) is 35.4 Å². The standard InChI is InChI=1S/C15H24N2O2S/c1-12-6-4-5-7-15(12)14-10-13(2)17(11-14)9-8-16-20(3,18)19/h4-7,13-14,16H,8-11H2,1-3H3/t13-,14+/m1/s1. The first-order chi connectivity index (χ1) is 9.37. The molecule has 0 spiro atoms. The van der Waals surface area contributed by atoms with E-state index in [-0.39, 0.29) is 0 Å². The van der Waals surface area contributed by atoms with E-state index in [0.717, 1.165) is 19.5 Å². The molecule has 1 heterocycles. The van der Waals surface area contributed by atoms with Gasteiger partial charge < -0.3 is 0 Å². The van der Waals surface area contributed by atoms with Crippen LogP contribution in [0.25, 0.3) is 0 Å². The Kier molecular flexibility index (Phi) is 4.83. The van der Waals surface area contributed by atoms with Crippen molar-refractivity contribution in [2.75, 3.05) is 25.9 Å². The van der Waals surface area contributed by atoms with E-state index >= 15 is 0 Å². The van der Waals surface area contributed by atoms with E-state index in [0.29, 0.717) is 18.5 Å². The molecule has 2 atom stereocenters. The highest BCUT2D eigenvalue weighted by Gasteiger charge is 2.30. The molecule has 1 aliphatic rings. The van der Waals surface area contributed by atoms with Crippen LogP contribution in [-0.4, -0.2) is 45.2 Å². The zero-order valence-corrected chi connectivity index (χ0v) is 13.3. The van der Waals surface area contributed by atoms with E-state index in [9.17, 15) is 8.42 Å². The molecule has 1 fully saturated rings. The van der Waals surface area contributed by atoms with Crippen molar-refractivity contribution in [2.45, 2.75) is 32.2 Å². The molecule has 0 bridgehead atoms. The maximum atomic E-state index is 11.1. The third-order valence-electron chi connectivity index (χ3n) is 4.10. The second-order valence-corrected chi connectivity index (χ2v) is 7.63. The lowest BCUT2D eigenvalue weighted by Gasteiger charge is -2.20. The van der Waals surface area contributed by atoms with E-state index in [4.69, 9.17) is 0 Å². The van der Waals surface area contributed by atoms with Crippen LogP contribution in [0.5, 0.6) is 0 Å². The topological polar surface area (TPSA) is 49.4 Å². The molecule has 4 nitrogen and oxygen atoms in total. The van der Waals surface area contributed by atoms with E-state index < -0.39 is 10.0 Å². The Balaban J connectivity index is 1.94. The molecule has 112 valence electrons. The third-order valence-corrected chi connectivity index (χ3v) is 4.82. The Morgan fingerprint density at radius 3 is 2.70 bits per heavy atom. The molecule has 1 saturated heterocycles. The second kappa shape index (κ2) is 6.24. The number of rotatable bonds is 5. The summed E-state index contributed by atoms with van der Waals surface area (Å²) in [6.45, 7) is 6.66. The first-order valence-corrected chi connectivity index (χ1v) is 9.00. The van der Waals surface area contributed by atoms with Crippen LogP contribution in [0.3, 0.4) is 0 Å². The molecule has 1 aliphatic heterocycles. The van der Waals surface area contributed by atoms with Crippen LogP contribution in [0, 0.1) is 6.92 Å².